The number of hydrogen-bond donors (Lipinski definition) is 0. The molecule has 0 N–H and O–H groups in total. The molecule has 3 aliphatic rings. The molecule has 1 aromatic carbocycles. The molecule has 2 amide bonds. The number of piperazine rings is 1. The summed E-state index contributed by atoms with van der Waals surface area (Å²) in [5.74, 6) is -3.68. The van der Waals surface area contributed by atoms with Crippen LogP contribution in [0.2, 0.25) is 0 Å². The number of carbonyl (C=O) groups is 2. The lowest BCUT2D eigenvalue weighted by atomic mass is 10.0. The van der Waals surface area contributed by atoms with E-state index in [-0.39, 0.29) is 37.8 Å². The van der Waals surface area contributed by atoms with E-state index < -0.39 is 24.0 Å². The van der Waals surface area contributed by atoms with E-state index in [0.29, 0.717) is 13.1 Å². The number of benzene rings is 1. The predicted molar refractivity (Wildman–Crippen MR) is 112 cm³/mol. The minimum absolute atomic E-state index is 0.00455. The van der Waals surface area contributed by atoms with Crippen LogP contribution >= 0.6 is 0 Å². The maximum Gasteiger partial charge on any atom is 0.406 e. The minimum Gasteiger partial charge on any atom is -0.378 e. The smallest absolute Gasteiger partial charge is 0.378 e. The van der Waals surface area contributed by atoms with Crippen molar-refractivity contribution in [3.8, 4) is 0 Å². The van der Waals surface area contributed by atoms with Gasteiger partial charge in [0.15, 0.2) is 5.92 Å². The maximum atomic E-state index is 13.7. The first kappa shape index (κ1) is 23.4. The van der Waals surface area contributed by atoms with Crippen molar-refractivity contribution in [3.05, 3.63) is 47.3 Å². The zero-order valence-corrected chi connectivity index (χ0v) is 18.3. The quantitative estimate of drug-likeness (QED) is 0.604. The number of halogens is 3. The third kappa shape index (κ3) is 5.09. The summed E-state index contributed by atoms with van der Waals surface area (Å²) in [6, 6.07) is 6.78. The Hall–Kier alpha value is -2.79. The SMILES string of the molecule is CN1CCN(C(=O)CCOC[C@H]2c3ccccc3CN2C2=CN=NC(=O)C2C(F)(F)F)CC1. The Morgan fingerprint density at radius 1 is 1.18 bits per heavy atom. The van der Waals surface area contributed by atoms with Crippen LogP contribution in [0.3, 0.4) is 0 Å². The molecule has 0 saturated carbocycles. The Labute approximate surface area is 189 Å². The van der Waals surface area contributed by atoms with Crippen molar-refractivity contribution in [1.82, 2.24) is 14.7 Å². The number of hydrogen-bond acceptors (Lipinski definition) is 6. The van der Waals surface area contributed by atoms with Crippen molar-refractivity contribution in [2.45, 2.75) is 25.2 Å². The average molecular weight is 465 g/mol. The molecule has 33 heavy (non-hydrogen) atoms. The van der Waals surface area contributed by atoms with Crippen molar-refractivity contribution in [2.24, 2.45) is 16.1 Å². The largest absolute Gasteiger partial charge is 0.406 e. The highest BCUT2D eigenvalue weighted by molar-refractivity contribution is 5.83. The Kier molecular flexibility index (Phi) is 6.80. The van der Waals surface area contributed by atoms with Crippen LogP contribution in [0.1, 0.15) is 23.6 Å². The van der Waals surface area contributed by atoms with Crippen LogP contribution < -0.4 is 0 Å². The zero-order valence-electron chi connectivity index (χ0n) is 18.3. The second-order valence-electron chi connectivity index (χ2n) is 8.43. The predicted octanol–water partition coefficient (Wildman–Crippen LogP) is 2.74. The molecule has 1 aromatic rings. The van der Waals surface area contributed by atoms with Crippen molar-refractivity contribution < 1.29 is 27.5 Å². The summed E-state index contributed by atoms with van der Waals surface area (Å²) in [6.07, 6.45) is -3.56. The van der Waals surface area contributed by atoms with Gasteiger partial charge in [0.05, 0.1) is 37.6 Å². The number of likely N-dealkylation sites (N-methyl/N-ethyl adjacent to an activating group) is 1. The fourth-order valence-corrected chi connectivity index (χ4v) is 4.44. The molecule has 3 aliphatic heterocycles. The zero-order chi connectivity index (χ0) is 23.6. The summed E-state index contributed by atoms with van der Waals surface area (Å²) in [7, 11) is 2.01. The van der Waals surface area contributed by atoms with E-state index in [1.807, 2.05) is 31.3 Å². The molecular formula is C22H26F3N5O3. The van der Waals surface area contributed by atoms with E-state index in [1.54, 1.807) is 4.90 Å². The van der Waals surface area contributed by atoms with Crippen LogP contribution in [0.4, 0.5) is 13.2 Å². The van der Waals surface area contributed by atoms with Crippen LogP contribution in [0, 0.1) is 5.92 Å². The number of azo groups is 1. The van der Waals surface area contributed by atoms with Crippen LogP contribution in [0.5, 0.6) is 0 Å². The summed E-state index contributed by atoms with van der Waals surface area (Å²) >= 11 is 0. The molecule has 1 fully saturated rings. The Morgan fingerprint density at radius 3 is 2.64 bits per heavy atom. The molecule has 8 nitrogen and oxygen atoms in total. The van der Waals surface area contributed by atoms with Crippen molar-refractivity contribution >= 4 is 11.8 Å². The van der Waals surface area contributed by atoms with Crippen molar-refractivity contribution in [1.29, 1.82) is 0 Å². The summed E-state index contributed by atoms with van der Waals surface area (Å²) in [5.41, 5.74) is 1.46. The fourth-order valence-electron chi connectivity index (χ4n) is 4.44. The average Bonchev–Trinajstić information content (AvgIpc) is 3.14. The summed E-state index contributed by atoms with van der Waals surface area (Å²) < 4.78 is 46.8. The van der Waals surface area contributed by atoms with Gasteiger partial charge in [0.2, 0.25) is 5.91 Å². The number of nitrogens with zero attached hydrogens (tertiary/aromatic N) is 5. The lowest BCUT2D eigenvalue weighted by Crippen LogP contribution is -2.47. The van der Waals surface area contributed by atoms with Gasteiger partial charge in [-0.1, -0.05) is 24.3 Å². The highest BCUT2D eigenvalue weighted by Crippen LogP contribution is 2.44. The molecule has 11 heteroatoms. The van der Waals surface area contributed by atoms with E-state index in [9.17, 15) is 22.8 Å². The molecule has 1 unspecified atom stereocenters. The standard InChI is InChI=1S/C22H26F3N5O3/c1-28-7-9-29(10-8-28)19(31)6-11-33-14-18-16-5-3-2-4-15(16)13-30(18)17-12-26-27-21(32)20(17)22(23,24)25/h2-5,12,18,20H,6-11,13-14H2,1H3/t18-,20?/m0/s1. The lowest BCUT2D eigenvalue weighted by Gasteiger charge is -2.34. The van der Waals surface area contributed by atoms with E-state index >= 15 is 0 Å². The van der Waals surface area contributed by atoms with Crippen LogP contribution in [-0.4, -0.2) is 79.1 Å². The first-order chi connectivity index (χ1) is 15.8. The Morgan fingerprint density at radius 2 is 1.91 bits per heavy atom. The van der Waals surface area contributed by atoms with Gasteiger partial charge in [0.1, 0.15) is 0 Å². The number of rotatable bonds is 6. The van der Waals surface area contributed by atoms with Gasteiger partial charge in [-0.15, -0.1) is 5.11 Å². The molecule has 0 aliphatic carbocycles. The number of alkyl halides is 3. The van der Waals surface area contributed by atoms with Crippen molar-refractivity contribution in [2.75, 3.05) is 46.4 Å². The van der Waals surface area contributed by atoms with Crippen LogP contribution in [-0.2, 0) is 20.9 Å². The van der Waals surface area contributed by atoms with E-state index in [0.717, 1.165) is 30.4 Å². The molecule has 0 bridgehead atoms. The summed E-state index contributed by atoms with van der Waals surface area (Å²) in [6.45, 7) is 3.45. The normalized spacial score (nSPS) is 23.6. The van der Waals surface area contributed by atoms with Crippen LogP contribution in [0.25, 0.3) is 0 Å². The third-order valence-electron chi connectivity index (χ3n) is 6.27. The molecular weight excluding hydrogens is 439 g/mol. The first-order valence-corrected chi connectivity index (χ1v) is 10.9. The van der Waals surface area contributed by atoms with Gasteiger partial charge >= 0.3 is 6.18 Å². The van der Waals surface area contributed by atoms with Gasteiger partial charge in [-0.3, -0.25) is 9.59 Å². The molecule has 0 spiro atoms. The molecule has 3 heterocycles. The lowest BCUT2D eigenvalue weighted by molar-refractivity contribution is -0.178. The topological polar surface area (TPSA) is 77.8 Å². The third-order valence-corrected chi connectivity index (χ3v) is 6.27. The van der Waals surface area contributed by atoms with E-state index in [2.05, 4.69) is 15.1 Å². The Balaban J connectivity index is 1.43. The molecule has 4 rings (SSSR count). The van der Waals surface area contributed by atoms with E-state index in [4.69, 9.17) is 4.74 Å². The number of carbonyl (C=O) groups excluding carboxylic acids is 2. The first-order valence-electron chi connectivity index (χ1n) is 10.9. The van der Waals surface area contributed by atoms with Gasteiger partial charge in [0.25, 0.3) is 5.91 Å². The highest BCUT2D eigenvalue weighted by atomic mass is 19.4. The fraction of sp³-hybridized carbons (Fsp3) is 0.545. The molecule has 1 saturated heterocycles. The Bertz CT molecular complexity index is 957. The maximum absolute atomic E-state index is 13.7. The van der Waals surface area contributed by atoms with Gasteiger partial charge < -0.3 is 19.4 Å². The molecule has 2 atom stereocenters. The number of fused-ring (bicyclic) bond motifs is 1. The van der Waals surface area contributed by atoms with Gasteiger partial charge in [-0.05, 0) is 18.2 Å². The number of ether oxygens (including phenoxy) is 1. The second-order valence-corrected chi connectivity index (χ2v) is 8.43. The van der Waals surface area contributed by atoms with Gasteiger partial charge in [0, 0.05) is 32.7 Å². The monoisotopic (exact) mass is 465 g/mol. The summed E-state index contributed by atoms with van der Waals surface area (Å²) in [4.78, 5) is 29.9. The van der Waals surface area contributed by atoms with Crippen LogP contribution in [0.15, 0.2) is 46.4 Å². The van der Waals surface area contributed by atoms with Gasteiger partial charge in [-0.2, -0.15) is 18.3 Å². The van der Waals surface area contributed by atoms with E-state index in [1.165, 1.54) is 4.90 Å². The highest BCUT2D eigenvalue weighted by Gasteiger charge is 2.52. The molecule has 178 valence electrons. The molecule has 0 aromatic heterocycles. The number of amides is 2. The molecule has 0 radical (unpaired) electrons. The second kappa shape index (κ2) is 9.60. The van der Waals surface area contributed by atoms with Crippen molar-refractivity contribution in [3.63, 3.8) is 0 Å². The minimum atomic E-state index is -4.78. The summed E-state index contributed by atoms with van der Waals surface area (Å²) in [5, 5.41) is 6.60. The van der Waals surface area contributed by atoms with Gasteiger partial charge in [-0.25, -0.2) is 0 Å².